The molecule has 1 aromatic rings. The van der Waals surface area contributed by atoms with Crippen LogP contribution in [0.5, 0.6) is 0 Å². The molecule has 0 aliphatic rings. The fourth-order valence-corrected chi connectivity index (χ4v) is 1.47. The lowest BCUT2D eigenvalue weighted by Crippen LogP contribution is -2.23. The smallest absolute Gasteiger partial charge is 0.316 e. The molecule has 1 unspecified atom stereocenters. The Morgan fingerprint density at radius 1 is 1.53 bits per heavy atom. The number of para-hydroxylation sites is 1. The summed E-state index contributed by atoms with van der Waals surface area (Å²) >= 11 is 0. The molecule has 0 heterocycles. The number of anilines is 2. The molecule has 0 aliphatic heterocycles. The fraction of sp³-hybridized carbons (Fsp3) is 0.400. The number of aliphatic hydroxyl groups is 1. The van der Waals surface area contributed by atoms with Crippen LogP contribution in [0, 0.1) is 10.1 Å². The summed E-state index contributed by atoms with van der Waals surface area (Å²) in [7, 11) is 0. The van der Waals surface area contributed by atoms with E-state index in [1.807, 2.05) is 6.92 Å². The van der Waals surface area contributed by atoms with Crippen LogP contribution in [0.1, 0.15) is 13.3 Å². The number of nitrogens with two attached hydrogens (primary N) is 1. The highest BCUT2D eigenvalue weighted by atomic mass is 16.6. The highest BCUT2D eigenvalue weighted by Gasteiger charge is 2.20. The largest absolute Gasteiger partial charge is 0.394 e. The van der Waals surface area contributed by atoms with E-state index in [-0.39, 0.29) is 24.0 Å². The molecule has 0 aliphatic carbocycles. The minimum atomic E-state index is -0.512. The molecule has 17 heavy (non-hydrogen) atoms. The molecule has 94 valence electrons. The first-order valence-electron chi connectivity index (χ1n) is 5.25. The summed E-state index contributed by atoms with van der Waals surface area (Å²) in [5.74, 6) is 5.22. The van der Waals surface area contributed by atoms with E-state index >= 15 is 0 Å². The first-order chi connectivity index (χ1) is 8.13. The lowest BCUT2D eigenvalue weighted by atomic mass is 10.2. The van der Waals surface area contributed by atoms with Crippen molar-refractivity contribution in [1.82, 2.24) is 0 Å². The van der Waals surface area contributed by atoms with Gasteiger partial charge >= 0.3 is 5.69 Å². The first-order valence-corrected chi connectivity index (χ1v) is 5.25. The maximum Gasteiger partial charge on any atom is 0.316 e. The highest BCUT2D eigenvalue weighted by molar-refractivity contribution is 5.76. The summed E-state index contributed by atoms with van der Waals surface area (Å²) in [6, 6.07) is 4.52. The summed E-state index contributed by atoms with van der Waals surface area (Å²) in [5.41, 5.74) is 2.73. The minimum Gasteiger partial charge on any atom is -0.394 e. The fourth-order valence-electron chi connectivity index (χ4n) is 1.47. The quantitative estimate of drug-likeness (QED) is 0.336. The van der Waals surface area contributed by atoms with Gasteiger partial charge in [0.05, 0.1) is 11.5 Å². The van der Waals surface area contributed by atoms with Crippen molar-refractivity contribution in [1.29, 1.82) is 0 Å². The number of hydrazine groups is 1. The molecule has 0 aromatic heterocycles. The zero-order valence-corrected chi connectivity index (χ0v) is 9.51. The van der Waals surface area contributed by atoms with Crippen LogP contribution in [0.2, 0.25) is 0 Å². The monoisotopic (exact) mass is 240 g/mol. The lowest BCUT2D eigenvalue weighted by molar-refractivity contribution is -0.383. The molecule has 0 saturated carbocycles. The summed E-state index contributed by atoms with van der Waals surface area (Å²) in [6.07, 6.45) is 0.661. The van der Waals surface area contributed by atoms with Crippen molar-refractivity contribution < 1.29 is 10.0 Å². The Balaban J connectivity index is 3.09. The topological polar surface area (TPSA) is 113 Å². The van der Waals surface area contributed by atoms with E-state index in [1.165, 1.54) is 6.07 Å². The van der Waals surface area contributed by atoms with Gasteiger partial charge in [0, 0.05) is 6.04 Å². The third kappa shape index (κ3) is 3.05. The Bertz CT molecular complexity index is 393. The van der Waals surface area contributed by atoms with Crippen LogP contribution in [0.3, 0.4) is 0 Å². The molecule has 0 amide bonds. The van der Waals surface area contributed by atoms with Gasteiger partial charge < -0.3 is 15.8 Å². The van der Waals surface area contributed by atoms with Gasteiger partial charge in [0.2, 0.25) is 0 Å². The first kappa shape index (κ1) is 13.2. The van der Waals surface area contributed by atoms with Crippen LogP contribution in [-0.2, 0) is 0 Å². The second-order valence-electron chi connectivity index (χ2n) is 3.54. The molecule has 0 radical (unpaired) electrons. The molecule has 7 nitrogen and oxygen atoms in total. The summed E-state index contributed by atoms with van der Waals surface area (Å²) in [5, 5.41) is 23.0. The third-order valence-corrected chi connectivity index (χ3v) is 2.45. The van der Waals surface area contributed by atoms with Crippen LogP contribution in [0.4, 0.5) is 17.1 Å². The maximum atomic E-state index is 11.0. The molecular weight excluding hydrogens is 224 g/mol. The standard InChI is InChI=1S/C10H16N4O3/c1-2-7(6-15)12-8-4-3-5-9(13-11)10(8)14(16)17/h3-5,7,12-13,15H,2,6,11H2,1H3. The van der Waals surface area contributed by atoms with Crippen molar-refractivity contribution in [2.24, 2.45) is 5.84 Å². The van der Waals surface area contributed by atoms with Crippen LogP contribution >= 0.6 is 0 Å². The number of hydrogen-bond donors (Lipinski definition) is 4. The Kier molecular flexibility index (Phi) is 4.68. The third-order valence-electron chi connectivity index (χ3n) is 2.45. The van der Waals surface area contributed by atoms with Crippen LogP contribution in [0.15, 0.2) is 18.2 Å². The van der Waals surface area contributed by atoms with Gasteiger partial charge in [-0.15, -0.1) is 0 Å². The Labute approximate surface area is 98.7 Å². The Hall–Kier alpha value is -1.86. The predicted octanol–water partition coefficient (Wildman–Crippen LogP) is 1.06. The van der Waals surface area contributed by atoms with Gasteiger partial charge in [-0.2, -0.15) is 0 Å². The molecule has 0 spiro atoms. The van der Waals surface area contributed by atoms with E-state index in [2.05, 4.69) is 10.7 Å². The van der Waals surface area contributed by atoms with Crippen molar-refractivity contribution in [2.75, 3.05) is 17.3 Å². The molecule has 0 bridgehead atoms. The van der Waals surface area contributed by atoms with Gasteiger partial charge in [-0.1, -0.05) is 13.0 Å². The molecule has 1 atom stereocenters. The van der Waals surface area contributed by atoms with Crippen LogP contribution in [0.25, 0.3) is 0 Å². The van der Waals surface area contributed by atoms with E-state index in [9.17, 15) is 10.1 Å². The number of benzene rings is 1. The number of nitrogen functional groups attached to an aromatic ring is 1. The van der Waals surface area contributed by atoms with Crippen LogP contribution in [-0.4, -0.2) is 22.7 Å². The number of aliphatic hydroxyl groups excluding tert-OH is 1. The second kappa shape index (κ2) is 6.02. The summed E-state index contributed by atoms with van der Waals surface area (Å²) in [6.45, 7) is 1.79. The number of hydrogen-bond acceptors (Lipinski definition) is 6. The van der Waals surface area contributed by atoms with Crippen molar-refractivity contribution in [3.8, 4) is 0 Å². The molecule has 1 aromatic carbocycles. The molecule has 1 rings (SSSR count). The van der Waals surface area contributed by atoms with E-state index in [4.69, 9.17) is 10.9 Å². The Morgan fingerprint density at radius 2 is 2.18 bits per heavy atom. The van der Waals surface area contributed by atoms with E-state index < -0.39 is 4.92 Å². The lowest BCUT2D eigenvalue weighted by Gasteiger charge is -2.16. The molecule has 7 heteroatoms. The average molecular weight is 240 g/mol. The number of nitrogens with zero attached hydrogens (tertiary/aromatic N) is 1. The van der Waals surface area contributed by atoms with Gasteiger partial charge in [-0.05, 0) is 18.6 Å². The van der Waals surface area contributed by atoms with Gasteiger partial charge in [0.15, 0.2) is 0 Å². The summed E-state index contributed by atoms with van der Waals surface area (Å²) < 4.78 is 0. The normalized spacial score (nSPS) is 11.9. The number of nitro benzene ring substituents is 1. The summed E-state index contributed by atoms with van der Waals surface area (Å²) in [4.78, 5) is 10.5. The van der Waals surface area contributed by atoms with E-state index in [1.54, 1.807) is 12.1 Å². The molecule has 0 fully saturated rings. The van der Waals surface area contributed by atoms with Crippen molar-refractivity contribution in [3.05, 3.63) is 28.3 Å². The predicted molar refractivity (Wildman–Crippen MR) is 65.7 cm³/mol. The number of nitrogens with one attached hydrogen (secondary N) is 2. The number of nitro groups is 1. The van der Waals surface area contributed by atoms with E-state index in [0.29, 0.717) is 12.1 Å². The maximum absolute atomic E-state index is 11.0. The van der Waals surface area contributed by atoms with Crippen molar-refractivity contribution >= 4 is 17.1 Å². The average Bonchev–Trinajstić information content (AvgIpc) is 2.34. The zero-order chi connectivity index (χ0) is 12.8. The van der Waals surface area contributed by atoms with Crippen molar-refractivity contribution in [2.45, 2.75) is 19.4 Å². The van der Waals surface area contributed by atoms with Gasteiger partial charge in [-0.25, -0.2) is 0 Å². The van der Waals surface area contributed by atoms with Gasteiger partial charge in [0.1, 0.15) is 11.4 Å². The Morgan fingerprint density at radius 3 is 2.65 bits per heavy atom. The van der Waals surface area contributed by atoms with E-state index in [0.717, 1.165) is 0 Å². The zero-order valence-electron chi connectivity index (χ0n) is 9.51. The SMILES string of the molecule is CCC(CO)Nc1cccc(NN)c1[N+](=O)[O-]. The van der Waals surface area contributed by atoms with Gasteiger partial charge in [-0.3, -0.25) is 16.0 Å². The molecule has 0 saturated heterocycles. The highest BCUT2D eigenvalue weighted by Crippen LogP contribution is 2.32. The van der Waals surface area contributed by atoms with Crippen molar-refractivity contribution in [3.63, 3.8) is 0 Å². The number of rotatable bonds is 6. The second-order valence-corrected chi connectivity index (χ2v) is 3.54. The minimum absolute atomic E-state index is 0.0893. The van der Waals surface area contributed by atoms with Crippen LogP contribution < -0.4 is 16.6 Å². The molecule has 5 N–H and O–H groups in total. The van der Waals surface area contributed by atoms with Gasteiger partial charge in [0.25, 0.3) is 0 Å². The molecular formula is C10H16N4O3.